The molecule has 162 valence electrons. The first-order valence-electron chi connectivity index (χ1n) is 10.1. The summed E-state index contributed by atoms with van der Waals surface area (Å²) in [6.07, 6.45) is 1.52. The predicted octanol–water partition coefficient (Wildman–Crippen LogP) is 3.78. The quantitative estimate of drug-likeness (QED) is 0.596. The van der Waals surface area contributed by atoms with Gasteiger partial charge in [0.25, 0.3) is 5.91 Å². The van der Waals surface area contributed by atoms with Crippen LogP contribution in [0.1, 0.15) is 35.0 Å². The summed E-state index contributed by atoms with van der Waals surface area (Å²) in [6, 6.07) is 12.7. The molecule has 1 fully saturated rings. The number of methoxy groups -OCH3 is 3. The molecule has 31 heavy (non-hydrogen) atoms. The van der Waals surface area contributed by atoms with E-state index in [1.165, 1.54) is 0 Å². The van der Waals surface area contributed by atoms with Gasteiger partial charge in [-0.15, -0.1) is 0 Å². The van der Waals surface area contributed by atoms with Crippen molar-refractivity contribution in [1.82, 2.24) is 15.0 Å². The molecule has 1 saturated heterocycles. The topological polar surface area (TPSA) is 86.9 Å². The van der Waals surface area contributed by atoms with Gasteiger partial charge in [0.15, 0.2) is 0 Å². The summed E-state index contributed by atoms with van der Waals surface area (Å²) in [5.74, 6) is 3.21. The van der Waals surface area contributed by atoms with E-state index in [1.54, 1.807) is 39.5 Å². The molecule has 1 amide bonds. The standard InChI is InChI=1S/C23H25N3O5/c1-28-18-6-4-15(5-7-18)21-24-22(31-25-21)16-8-10-26(11-9-16)23(27)17-12-19(29-2)14-20(13-17)30-3/h4-7,12-14,16H,8-11H2,1-3H3. The van der Waals surface area contributed by atoms with E-state index in [9.17, 15) is 4.79 Å². The molecule has 8 nitrogen and oxygen atoms in total. The fraction of sp³-hybridized carbons (Fsp3) is 0.348. The van der Waals surface area contributed by atoms with Gasteiger partial charge in [0.2, 0.25) is 11.7 Å². The number of hydrogen-bond donors (Lipinski definition) is 0. The number of amides is 1. The Morgan fingerprint density at radius 2 is 1.55 bits per heavy atom. The van der Waals surface area contributed by atoms with Gasteiger partial charge in [-0.1, -0.05) is 5.16 Å². The number of aromatic nitrogens is 2. The highest BCUT2D eigenvalue weighted by atomic mass is 16.5. The molecule has 0 bridgehead atoms. The molecule has 0 N–H and O–H groups in total. The van der Waals surface area contributed by atoms with Crippen LogP contribution in [0.25, 0.3) is 11.4 Å². The fourth-order valence-electron chi connectivity index (χ4n) is 3.70. The van der Waals surface area contributed by atoms with Crippen LogP contribution in [0.3, 0.4) is 0 Å². The first-order valence-corrected chi connectivity index (χ1v) is 10.1. The van der Waals surface area contributed by atoms with E-state index in [4.69, 9.17) is 18.7 Å². The van der Waals surface area contributed by atoms with Crippen LogP contribution in [0.5, 0.6) is 17.2 Å². The summed E-state index contributed by atoms with van der Waals surface area (Å²) in [5.41, 5.74) is 1.42. The van der Waals surface area contributed by atoms with E-state index in [1.807, 2.05) is 29.2 Å². The van der Waals surface area contributed by atoms with Crippen molar-refractivity contribution >= 4 is 5.91 Å². The third-order valence-electron chi connectivity index (χ3n) is 5.52. The zero-order chi connectivity index (χ0) is 21.8. The van der Waals surface area contributed by atoms with Gasteiger partial charge < -0.3 is 23.6 Å². The molecule has 0 aliphatic carbocycles. The average molecular weight is 423 g/mol. The number of nitrogens with zero attached hydrogens (tertiary/aromatic N) is 3. The minimum atomic E-state index is -0.0416. The molecular formula is C23H25N3O5. The Morgan fingerprint density at radius 1 is 0.935 bits per heavy atom. The summed E-state index contributed by atoms with van der Waals surface area (Å²) < 4.78 is 21.3. The Labute approximate surface area is 180 Å². The fourth-order valence-corrected chi connectivity index (χ4v) is 3.70. The number of likely N-dealkylation sites (tertiary alicyclic amines) is 1. The van der Waals surface area contributed by atoms with Gasteiger partial charge in [0.1, 0.15) is 17.2 Å². The Bertz CT molecular complexity index is 1020. The smallest absolute Gasteiger partial charge is 0.254 e. The third-order valence-corrected chi connectivity index (χ3v) is 5.52. The van der Waals surface area contributed by atoms with Gasteiger partial charge >= 0.3 is 0 Å². The lowest BCUT2D eigenvalue weighted by atomic mass is 9.96. The van der Waals surface area contributed by atoms with Crippen LogP contribution >= 0.6 is 0 Å². The summed E-state index contributed by atoms with van der Waals surface area (Å²) >= 11 is 0. The van der Waals surface area contributed by atoms with Crippen molar-refractivity contribution in [2.75, 3.05) is 34.4 Å². The van der Waals surface area contributed by atoms with E-state index in [-0.39, 0.29) is 11.8 Å². The van der Waals surface area contributed by atoms with Gasteiger partial charge in [0.05, 0.1) is 21.3 Å². The van der Waals surface area contributed by atoms with Crippen molar-refractivity contribution in [1.29, 1.82) is 0 Å². The van der Waals surface area contributed by atoms with Crippen molar-refractivity contribution < 1.29 is 23.5 Å². The maximum Gasteiger partial charge on any atom is 0.254 e. The number of carbonyl (C=O) groups is 1. The van der Waals surface area contributed by atoms with Gasteiger partial charge in [-0.25, -0.2) is 0 Å². The SMILES string of the molecule is COc1ccc(-c2noc(C3CCN(C(=O)c4cc(OC)cc(OC)c4)CC3)n2)cc1. The van der Waals surface area contributed by atoms with Crippen LogP contribution in [-0.2, 0) is 0 Å². The molecule has 3 aromatic rings. The summed E-state index contributed by atoms with van der Waals surface area (Å²) in [5, 5.41) is 4.12. The summed E-state index contributed by atoms with van der Waals surface area (Å²) in [6.45, 7) is 1.23. The zero-order valence-corrected chi connectivity index (χ0v) is 17.8. The number of rotatable bonds is 6. The molecule has 1 aliphatic heterocycles. The number of hydrogen-bond acceptors (Lipinski definition) is 7. The summed E-state index contributed by atoms with van der Waals surface area (Å²) in [4.78, 5) is 19.4. The van der Waals surface area contributed by atoms with Crippen molar-refractivity contribution in [2.45, 2.75) is 18.8 Å². The van der Waals surface area contributed by atoms with Crippen LogP contribution in [0.15, 0.2) is 47.0 Å². The molecule has 2 aromatic carbocycles. The lowest BCUT2D eigenvalue weighted by Gasteiger charge is -2.30. The maximum absolute atomic E-state index is 13.0. The maximum atomic E-state index is 13.0. The largest absolute Gasteiger partial charge is 0.497 e. The van der Waals surface area contributed by atoms with Crippen LogP contribution in [-0.4, -0.2) is 55.4 Å². The Morgan fingerprint density at radius 3 is 2.13 bits per heavy atom. The van der Waals surface area contributed by atoms with Crippen molar-refractivity contribution in [3.05, 3.63) is 53.9 Å². The van der Waals surface area contributed by atoms with Gasteiger partial charge in [-0.05, 0) is 49.2 Å². The number of ether oxygens (including phenoxy) is 3. The minimum absolute atomic E-state index is 0.0416. The zero-order valence-electron chi connectivity index (χ0n) is 17.8. The van der Waals surface area contributed by atoms with Crippen LogP contribution < -0.4 is 14.2 Å². The summed E-state index contributed by atoms with van der Waals surface area (Å²) in [7, 11) is 4.77. The number of carbonyl (C=O) groups excluding carboxylic acids is 1. The average Bonchev–Trinajstić information content (AvgIpc) is 3.33. The van der Waals surface area contributed by atoms with E-state index in [2.05, 4.69) is 10.1 Å². The molecule has 8 heteroatoms. The minimum Gasteiger partial charge on any atom is -0.497 e. The first-order chi connectivity index (χ1) is 15.1. The Hall–Kier alpha value is -3.55. The monoisotopic (exact) mass is 423 g/mol. The van der Waals surface area contributed by atoms with Crippen molar-refractivity contribution in [3.8, 4) is 28.6 Å². The molecule has 1 aromatic heterocycles. The van der Waals surface area contributed by atoms with Gasteiger partial charge in [-0.3, -0.25) is 4.79 Å². The van der Waals surface area contributed by atoms with E-state index in [0.717, 1.165) is 24.2 Å². The molecule has 2 heterocycles. The number of benzene rings is 2. The molecule has 1 aliphatic rings. The second-order valence-corrected chi connectivity index (χ2v) is 7.35. The van der Waals surface area contributed by atoms with Gasteiger partial charge in [0, 0.05) is 36.2 Å². The highest BCUT2D eigenvalue weighted by molar-refractivity contribution is 5.95. The second-order valence-electron chi connectivity index (χ2n) is 7.35. The molecule has 0 unspecified atom stereocenters. The van der Waals surface area contributed by atoms with Crippen molar-refractivity contribution in [3.63, 3.8) is 0 Å². The second kappa shape index (κ2) is 9.07. The molecule has 0 radical (unpaired) electrons. The van der Waals surface area contributed by atoms with Crippen LogP contribution in [0.2, 0.25) is 0 Å². The number of piperidine rings is 1. The van der Waals surface area contributed by atoms with Crippen molar-refractivity contribution in [2.24, 2.45) is 0 Å². The molecular weight excluding hydrogens is 398 g/mol. The highest BCUT2D eigenvalue weighted by Gasteiger charge is 2.28. The normalized spacial score (nSPS) is 14.4. The Kier molecular flexibility index (Phi) is 6.06. The van der Waals surface area contributed by atoms with E-state index < -0.39 is 0 Å². The molecule has 0 spiro atoms. The predicted molar refractivity (Wildman–Crippen MR) is 114 cm³/mol. The Balaban J connectivity index is 1.41. The van der Waals surface area contributed by atoms with Crippen LogP contribution in [0.4, 0.5) is 0 Å². The van der Waals surface area contributed by atoms with Gasteiger partial charge in [-0.2, -0.15) is 4.98 Å². The molecule has 0 saturated carbocycles. The molecule has 0 atom stereocenters. The van der Waals surface area contributed by atoms with Crippen LogP contribution in [0, 0.1) is 0 Å². The third kappa shape index (κ3) is 4.47. The lowest BCUT2D eigenvalue weighted by molar-refractivity contribution is 0.0703. The molecule has 4 rings (SSSR count). The first kappa shape index (κ1) is 20.7. The highest BCUT2D eigenvalue weighted by Crippen LogP contribution is 2.30. The van der Waals surface area contributed by atoms with E-state index >= 15 is 0 Å². The van der Waals surface area contributed by atoms with E-state index in [0.29, 0.717) is 41.9 Å². The lowest BCUT2D eigenvalue weighted by Crippen LogP contribution is -2.38.